The molecular weight excluding hydrogens is 655 g/mol. The lowest BCUT2D eigenvalue weighted by atomic mass is 10.0. The van der Waals surface area contributed by atoms with E-state index in [1.54, 1.807) is 6.08 Å². The smallest absolute Gasteiger partial charge is 0.249 e. The van der Waals surface area contributed by atoms with Crippen LogP contribution >= 0.6 is 0 Å². The van der Waals surface area contributed by atoms with E-state index in [0.29, 0.717) is 6.42 Å². The van der Waals surface area contributed by atoms with E-state index in [0.717, 1.165) is 32.1 Å². The molecule has 4 N–H and O–H groups in total. The number of carbonyl (C=O) groups is 1. The maximum Gasteiger partial charge on any atom is 0.249 e. The third-order valence-corrected chi connectivity index (χ3v) is 11.0. The molecule has 0 heterocycles. The van der Waals surface area contributed by atoms with Gasteiger partial charge in [-0.3, -0.25) is 4.79 Å². The zero-order valence-electron chi connectivity index (χ0n) is 35.7. The molecule has 0 aromatic carbocycles. The zero-order valence-corrected chi connectivity index (χ0v) is 35.7. The van der Waals surface area contributed by atoms with Gasteiger partial charge < -0.3 is 20.6 Å². The molecule has 0 aliphatic heterocycles. The summed E-state index contributed by atoms with van der Waals surface area (Å²) in [6.45, 7) is 4.16. The molecule has 0 fully saturated rings. The minimum Gasteiger partial charge on any atom is -0.394 e. The van der Waals surface area contributed by atoms with Gasteiger partial charge in [0.15, 0.2) is 0 Å². The number of aliphatic hydroxyl groups excluding tert-OH is 3. The van der Waals surface area contributed by atoms with Crippen LogP contribution in [-0.2, 0) is 4.79 Å². The summed E-state index contributed by atoms with van der Waals surface area (Å²) >= 11 is 0. The second-order valence-corrected chi connectivity index (χ2v) is 16.3. The zero-order chi connectivity index (χ0) is 38.7. The number of nitrogens with one attached hydrogen (secondary N) is 1. The fraction of sp³-hybridized carbons (Fsp3) is 0.896. The molecule has 5 heteroatoms. The van der Waals surface area contributed by atoms with Gasteiger partial charge in [-0.05, 0) is 44.9 Å². The molecule has 0 saturated heterocycles. The number of aliphatic hydroxyl groups is 3. The van der Waals surface area contributed by atoms with E-state index < -0.39 is 24.2 Å². The summed E-state index contributed by atoms with van der Waals surface area (Å²) in [5.74, 6) is -0.504. The van der Waals surface area contributed by atoms with E-state index in [1.165, 1.54) is 199 Å². The summed E-state index contributed by atoms with van der Waals surface area (Å²) in [7, 11) is 0. The fourth-order valence-corrected chi connectivity index (χ4v) is 7.30. The number of carbonyl (C=O) groups excluding carboxylic acids is 1. The highest BCUT2D eigenvalue weighted by atomic mass is 16.3. The standard InChI is InChI=1S/C48H93NO4/c1-3-5-7-9-11-13-14-15-16-17-18-19-20-21-22-23-24-25-26-27-28-29-30-31-32-33-35-37-39-41-43-47(52)48(53)49-45(44-50)46(51)42-40-38-36-34-12-10-8-6-4-2/h21-22,40,42,45-47,50-52H,3-20,23-39,41,43-44H2,1-2H3,(H,49,53)/b22-21-,42-40+. The summed E-state index contributed by atoms with van der Waals surface area (Å²) in [5.41, 5.74) is 0. The molecule has 314 valence electrons. The SMILES string of the molecule is CCCCCCCCC/C=C/C(O)C(CO)NC(=O)C(O)CCCCCCCCCCCCCCCC/C=C\CCCCCCCCCCCCCC. The van der Waals surface area contributed by atoms with Gasteiger partial charge >= 0.3 is 0 Å². The Labute approximate surface area is 331 Å². The predicted octanol–water partition coefficient (Wildman–Crippen LogP) is 13.8. The Hall–Kier alpha value is -1.17. The van der Waals surface area contributed by atoms with Gasteiger partial charge in [0.2, 0.25) is 5.91 Å². The number of unbranched alkanes of at least 4 members (excludes halogenated alkanes) is 33. The van der Waals surface area contributed by atoms with E-state index in [2.05, 4.69) is 31.3 Å². The van der Waals surface area contributed by atoms with E-state index in [-0.39, 0.29) is 6.61 Å². The monoisotopic (exact) mass is 748 g/mol. The van der Waals surface area contributed by atoms with Crippen LogP contribution in [0, 0.1) is 0 Å². The van der Waals surface area contributed by atoms with E-state index in [1.807, 2.05) is 6.08 Å². The lowest BCUT2D eigenvalue weighted by Crippen LogP contribution is -2.48. The van der Waals surface area contributed by atoms with Crippen molar-refractivity contribution < 1.29 is 20.1 Å². The lowest BCUT2D eigenvalue weighted by Gasteiger charge is -2.21. The van der Waals surface area contributed by atoms with Crippen LogP contribution in [0.4, 0.5) is 0 Å². The van der Waals surface area contributed by atoms with Crippen LogP contribution in [0.1, 0.15) is 251 Å². The Bertz CT molecular complexity index is 784. The van der Waals surface area contributed by atoms with Crippen molar-refractivity contribution in [2.75, 3.05) is 6.61 Å². The topological polar surface area (TPSA) is 89.8 Å². The van der Waals surface area contributed by atoms with Crippen molar-refractivity contribution in [2.45, 2.75) is 270 Å². The van der Waals surface area contributed by atoms with Crippen LogP contribution in [0.15, 0.2) is 24.3 Å². The Morgan fingerprint density at radius 3 is 1.09 bits per heavy atom. The van der Waals surface area contributed by atoms with Crippen LogP contribution in [0.25, 0.3) is 0 Å². The number of hydrogen-bond donors (Lipinski definition) is 4. The van der Waals surface area contributed by atoms with Crippen molar-refractivity contribution in [3.63, 3.8) is 0 Å². The summed E-state index contributed by atoms with van der Waals surface area (Å²) in [6, 6.07) is -0.793. The molecule has 1 amide bonds. The molecule has 5 nitrogen and oxygen atoms in total. The van der Waals surface area contributed by atoms with Gasteiger partial charge in [-0.2, -0.15) is 0 Å². The minimum absolute atomic E-state index is 0.362. The molecule has 53 heavy (non-hydrogen) atoms. The first-order valence-electron chi connectivity index (χ1n) is 23.7. The molecule has 0 aromatic rings. The Balaban J connectivity index is 3.49. The Kier molecular flexibility index (Phi) is 42.6. The molecule has 0 rings (SSSR count). The molecule has 3 unspecified atom stereocenters. The molecule has 3 atom stereocenters. The van der Waals surface area contributed by atoms with Gasteiger partial charge in [-0.1, -0.05) is 231 Å². The Morgan fingerprint density at radius 1 is 0.453 bits per heavy atom. The maximum absolute atomic E-state index is 12.4. The average Bonchev–Trinajstić information content (AvgIpc) is 3.16. The number of allylic oxidation sites excluding steroid dienone is 3. The van der Waals surface area contributed by atoms with Crippen molar-refractivity contribution in [3.05, 3.63) is 24.3 Å². The second-order valence-electron chi connectivity index (χ2n) is 16.3. The van der Waals surface area contributed by atoms with E-state index in [4.69, 9.17) is 0 Å². The molecule has 0 aliphatic carbocycles. The van der Waals surface area contributed by atoms with Gasteiger partial charge in [0, 0.05) is 0 Å². The predicted molar refractivity (Wildman–Crippen MR) is 231 cm³/mol. The molecule has 0 radical (unpaired) electrons. The van der Waals surface area contributed by atoms with Gasteiger partial charge in [0.25, 0.3) is 0 Å². The van der Waals surface area contributed by atoms with E-state index in [9.17, 15) is 20.1 Å². The highest BCUT2D eigenvalue weighted by Crippen LogP contribution is 2.16. The number of rotatable bonds is 43. The quantitative estimate of drug-likeness (QED) is 0.0369. The molecule has 0 aliphatic rings. The first-order valence-corrected chi connectivity index (χ1v) is 23.7. The number of hydrogen-bond acceptors (Lipinski definition) is 4. The van der Waals surface area contributed by atoms with Crippen LogP contribution < -0.4 is 5.32 Å². The summed E-state index contributed by atoms with van der Waals surface area (Å²) in [5, 5.41) is 33.0. The van der Waals surface area contributed by atoms with Gasteiger partial charge in [0.1, 0.15) is 6.10 Å². The summed E-state index contributed by atoms with van der Waals surface area (Å²) in [4.78, 5) is 12.4. The van der Waals surface area contributed by atoms with Crippen molar-refractivity contribution in [3.8, 4) is 0 Å². The first kappa shape index (κ1) is 51.8. The van der Waals surface area contributed by atoms with Gasteiger partial charge in [-0.25, -0.2) is 0 Å². The molecule has 0 bridgehead atoms. The third kappa shape index (κ3) is 38.9. The molecular formula is C48H93NO4. The number of amides is 1. The van der Waals surface area contributed by atoms with Crippen molar-refractivity contribution in [1.82, 2.24) is 5.32 Å². The average molecular weight is 748 g/mol. The first-order chi connectivity index (χ1) is 26.1. The van der Waals surface area contributed by atoms with E-state index >= 15 is 0 Å². The second kappa shape index (κ2) is 43.6. The van der Waals surface area contributed by atoms with Crippen molar-refractivity contribution in [1.29, 1.82) is 0 Å². The fourth-order valence-electron chi connectivity index (χ4n) is 7.30. The normalized spacial score (nSPS) is 13.7. The van der Waals surface area contributed by atoms with Crippen molar-refractivity contribution in [2.24, 2.45) is 0 Å². The van der Waals surface area contributed by atoms with Gasteiger partial charge in [-0.15, -0.1) is 0 Å². The Morgan fingerprint density at radius 2 is 0.755 bits per heavy atom. The largest absolute Gasteiger partial charge is 0.394 e. The minimum atomic E-state index is -1.09. The van der Waals surface area contributed by atoms with Crippen LogP contribution in [0.5, 0.6) is 0 Å². The molecule has 0 aromatic heterocycles. The summed E-state index contributed by atoms with van der Waals surface area (Å²) in [6.07, 6.45) is 53.9. The third-order valence-electron chi connectivity index (χ3n) is 11.0. The highest BCUT2D eigenvalue weighted by molar-refractivity contribution is 5.80. The summed E-state index contributed by atoms with van der Waals surface area (Å²) < 4.78 is 0. The van der Waals surface area contributed by atoms with Crippen LogP contribution in [0.3, 0.4) is 0 Å². The van der Waals surface area contributed by atoms with Crippen LogP contribution in [0.2, 0.25) is 0 Å². The molecule has 0 saturated carbocycles. The van der Waals surface area contributed by atoms with Gasteiger partial charge in [0.05, 0.1) is 18.8 Å². The molecule has 0 spiro atoms. The highest BCUT2D eigenvalue weighted by Gasteiger charge is 2.22. The lowest BCUT2D eigenvalue weighted by molar-refractivity contribution is -0.131. The van der Waals surface area contributed by atoms with Crippen LogP contribution in [-0.4, -0.2) is 46.1 Å². The van der Waals surface area contributed by atoms with Crippen molar-refractivity contribution >= 4 is 5.91 Å². The maximum atomic E-state index is 12.4.